The van der Waals surface area contributed by atoms with E-state index in [9.17, 15) is 14.5 Å². The van der Waals surface area contributed by atoms with Gasteiger partial charge in [0.25, 0.3) is 0 Å². The van der Waals surface area contributed by atoms with Gasteiger partial charge in [0.05, 0.1) is 9.95 Å². The fraction of sp³-hybridized carbons (Fsp3) is 0. The Hall–Kier alpha value is -3.33. The van der Waals surface area contributed by atoms with Crippen molar-refractivity contribution in [3.63, 3.8) is 0 Å². The lowest BCUT2D eigenvalue weighted by Gasteiger charge is -2.09. The summed E-state index contributed by atoms with van der Waals surface area (Å²) in [5.41, 5.74) is 0.0716. The van der Waals surface area contributed by atoms with Crippen LogP contribution in [-0.2, 0) is 0 Å². The molecule has 2 N–H and O–H groups in total. The molecule has 0 saturated heterocycles. The minimum Gasteiger partial charge on any atom is -0.334 e. The number of benzene rings is 1. The van der Waals surface area contributed by atoms with E-state index in [0.717, 1.165) is 6.33 Å². The minimum absolute atomic E-state index is 0.0388. The number of nitro groups is 1. The van der Waals surface area contributed by atoms with Crippen molar-refractivity contribution in [2.75, 3.05) is 10.6 Å². The smallest absolute Gasteiger partial charge is 0.334 e. The van der Waals surface area contributed by atoms with Gasteiger partial charge in [0.1, 0.15) is 18.0 Å². The molecule has 0 bridgehead atoms. The average molecular weight is 361 g/mol. The van der Waals surface area contributed by atoms with Crippen molar-refractivity contribution < 1.29 is 9.31 Å². The van der Waals surface area contributed by atoms with Crippen LogP contribution in [0.5, 0.6) is 0 Å². The summed E-state index contributed by atoms with van der Waals surface area (Å²) in [6.45, 7) is 0. The monoisotopic (exact) mass is 360 g/mol. The third-order valence-electron chi connectivity index (χ3n) is 3.09. The van der Waals surface area contributed by atoms with Gasteiger partial charge in [0.15, 0.2) is 0 Å². The van der Waals surface area contributed by atoms with Crippen molar-refractivity contribution in [1.29, 1.82) is 0 Å². The summed E-state index contributed by atoms with van der Waals surface area (Å²) in [7, 11) is 0. The van der Waals surface area contributed by atoms with Crippen LogP contribution >= 0.6 is 11.6 Å². The summed E-state index contributed by atoms with van der Waals surface area (Å²) in [5.74, 6) is -0.166. The summed E-state index contributed by atoms with van der Waals surface area (Å²) >= 11 is 5.76. The van der Waals surface area contributed by atoms with Gasteiger partial charge >= 0.3 is 5.69 Å². The molecule has 0 atom stereocenters. The van der Waals surface area contributed by atoms with Crippen LogP contribution in [0.15, 0.2) is 48.9 Å². The van der Waals surface area contributed by atoms with Crippen LogP contribution in [0.25, 0.3) is 0 Å². The molecular formula is C15H10ClFN6O2. The van der Waals surface area contributed by atoms with Crippen molar-refractivity contribution in [2.24, 2.45) is 0 Å². The lowest BCUT2D eigenvalue weighted by molar-refractivity contribution is -0.383. The SMILES string of the molecule is O=[N+]([O-])c1c(Nc2ccc(F)cc2)ncnc1Nc1ccc(Cl)cn1. The highest BCUT2D eigenvalue weighted by molar-refractivity contribution is 6.30. The summed E-state index contributed by atoms with van der Waals surface area (Å²) in [5, 5.41) is 17.4. The second-order valence-corrected chi connectivity index (χ2v) is 5.23. The Labute approximate surface area is 145 Å². The van der Waals surface area contributed by atoms with E-state index in [1.807, 2.05) is 0 Å². The van der Waals surface area contributed by atoms with Gasteiger partial charge in [-0.15, -0.1) is 0 Å². The molecule has 0 radical (unpaired) electrons. The molecule has 8 nitrogen and oxygen atoms in total. The van der Waals surface area contributed by atoms with E-state index in [0.29, 0.717) is 16.5 Å². The number of pyridine rings is 1. The van der Waals surface area contributed by atoms with Gasteiger partial charge in [-0.1, -0.05) is 11.6 Å². The van der Waals surface area contributed by atoms with E-state index in [-0.39, 0.29) is 17.3 Å². The standard InChI is InChI=1S/C15H10ClFN6O2/c16-9-1-6-12(18-7-9)22-15-13(23(24)25)14(19-8-20-15)21-11-4-2-10(17)3-5-11/h1-8H,(H2,18,19,20,21,22). The zero-order chi connectivity index (χ0) is 17.8. The Kier molecular flexibility index (Phi) is 4.66. The third kappa shape index (κ3) is 3.96. The lowest BCUT2D eigenvalue weighted by Crippen LogP contribution is -2.06. The predicted octanol–water partition coefficient (Wildman–Crippen LogP) is 4.06. The van der Waals surface area contributed by atoms with Crippen molar-refractivity contribution >= 4 is 40.4 Å². The Morgan fingerprint density at radius 3 is 2.28 bits per heavy atom. The number of halogens is 2. The van der Waals surface area contributed by atoms with Crippen LogP contribution in [-0.4, -0.2) is 19.9 Å². The molecule has 126 valence electrons. The van der Waals surface area contributed by atoms with Gasteiger partial charge in [0, 0.05) is 11.9 Å². The van der Waals surface area contributed by atoms with Crippen LogP contribution in [0.2, 0.25) is 5.02 Å². The van der Waals surface area contributed by atoms with Crippen LogP contribution in [0.1, 0.15) is 0 Å². The molecule has 2 aromatic heterocycles. The number of aromatic nitrogens is 3. The quantitative estimate of drug-likeness (QED) is 0.522. The highest BCUT2D eigenvalue weighted by Gasteiger charge is 2.23. The molecule has 3 rings (SSSR count). The van der Waals surface area contributed by atoms with E-state index in [4.69, 9.17) is 11.6 Å². The number of rotatable bonds is 5. The molecule has 0 unspecified atom stereocenters. The molecule has 2 heterocycles. The Morgan fingerprint density at radius 1 is 1.00 bits per heavy atom. The van der Waals surface area contributed by atoms with Crippen LogP contribution in [0.4, 0.5) is 33.2 Å². The highest BCUT2D eigenvalue weighted by atomic mass is 35.5. The first kappa shape index (κ1) is 16.5. The minimum atomic E-state index is -0.621. The number of nitrogens with zero attached hydrogens (tertiary/aromatic N) is 4. The Morgan fingerprint density at radius 2 is 1.68 bits per heavy atom. The topological polar surface area (TPSA) is 106 Å². The first-order valence-electron chi connectivity index (χ1n) is 6.93. The zero-order valence-corrected chi connectivity index (χ0v) is 13.2. The summed E-state index contributed by atoms with van der Waals surface area (Å²) in [6.07, 6.45) is 2.56. The second kappa shape index (κ2) is 7.05. The van der Waals surface area contributed by atoms with Crippen LogP contribution in [0, 0.1) is 15.9 Å². The van der Waals surface area contributed by atoms with E-state index in [1.165, 1.54) is 30.5 Å². The van der Waals surface area contributed by atoms with E-state index < -0.39 is 10.7 Å². The van der Waals surface area contributed by atoms with Gasteiger partial charge < -0.3 is 10.6 Å². The van der Waals surface area contributed by atoms with Crippen molar-refractivity contribution in [3.05, 3.63) is 69.9 Å². The molecule has 3 aromatic rings. The molecule has 0 aliphatic carbocycles. The molecular weight excluding hydrogens is 351 g/mol. The Bertz CT molecular complexity index is 839. The molecule has 25 heavy (non-hydrogen) atoms. The number of hydrogen-bond donors (Lipinski definition) is 2. The summed E-state index contributed by atoms with van der Waals surface area (Å²) < 4.78 is 13.0. The van der Waals surface area contributed by atoms with Gasteiger partial charge in [-0.2, -0.15) is 0 Å². The second-order valence-electron chi connectivity index (χ2n) is 4.80. The maximum Gasteiger partial charge on any atom is 0.353 e. The molecule has 0 saturated carbocycles. The summed E-state index contributed by atoms with van der Waals surface area (Å²) in [6, 6.07) is 8.48. The molecule has 0 fully saturated rings. The van der Waals surface area contributed by atoms with Gasteiger partial charge in [-0.25, -0.2) is 19.3 Å². The predicted molar refractivity (Wildman–Crippen MR) is 90.9 cm³/mol. The number of anilines is 4. The summed E-state index contributed by atoms with van der Waals surface area (Å²) in [4.78, 5) is 22.7. The fourth-order valence-electron chi connectivity index (χ4n) is 1.98. The average Bonchev–Trinajstić information content (AvgIpc) is 2.59. The van der Waals surface area contributed by atoms with Crippen LogP contribution in [0.3, 0.4) is 0 Å². The lowest BCUT2D eigenvalue weighted by atomic mass is 10.3. The van der Waals surface area contributed by atoms with Crippen LogP contribution < -0.4 is 10.6 Å². The molecule has 10 heteroatoms. The maximum atomic E-state index is 13.0. The van der Waals surface area contributed by atoms with E-state index in [1.54, 1.807) is 12.1 Å². The maximum absolute atomic E-state index is 13.0. The third-order valence-corrected chi connectivity index (χ3v) is 3.31. The zero-order valence-electron chi connectivity index (χ0n) is 12.5. The number of hydrogen-bond acceptors (Lipinski definition) is 7. The van der Waals surface area contributed by atoms with Gasteiger partial charge in [-0.3, -0.25) is 10.1 Å². The molecule has 0 amide bonds. The number of nitrogens with one attached hydrogen (secondary N) is 2. The first-order chi connectivity index (χ1) is 12.0. The first-order valence-corrected chi connectivity index (χ1v) is 7.31. The molecule has 0 spiro atoms. The van der Waals surface area contributed by atoms with E-state index >= 15 is 0 Å². The van der Waals surface area contributed by atoms with Gasteiger partial charge in [-0.05, 0) is 36.4 Å². The van der Waals surface area contributed by atoms with E-state index in [2.05, 4.69) is 25.6 Å². The highest BCUT2D eigenvalue weighted by Crippen LogP contribution is 2.32. The fourth-order valence-corrected chi connectivity index (χ4v) is 2.09. The van der Waals surface area contributed by atoms with Crippen molar-refractivity contribution in [2.45, 2.75) is 0 Å². The molecule has 0 aliphatic heterocycles. The molecule has 0 aliphatic rings. The normalized spacial score (nSPS) is 10.3. The Balaban J connectivity index is 1.94. The molecule has 1 aromatic carbocycles. The van der Waals surface area contributed by atoms with Crippen molar-refractivity contribution in [1.82, 2.24) is 15.0 Å². The van der Waals surface area contributed by atoms with Crippen molar-refractivity contribution in [3.8, 4) is 0 Å². The van der Waals surface area contributed by atoms with Gasteiger partial charge in [0.2, 0.25) is 11.6 Å². The largest absolute Gasteiger partial charge is 0.353 e.